The van der Waals surface area contributed by atoms with Crippen molar-refractivity contribution >= 4 is 17.1 Å². The minimum atomic E-state index is -0.0883. The molecule has 0 saturated carbocycles. The molecule has 0 aliphatic rings. The maximum atomic E-state index is 13.8. The Labute approximate surface area is 271 Å². The van der Waals surface area contributed by atoms with Crippen LogP contribution in [-0.4, -0.2) is 11.7 Å². The topological polar surface area (TPSA) is 40.5 Å². The SMILES string of the molecule is CCCCCCCCCCCCCCCCC=Cn1c(-c2ccccc2)c(OCc2ccc(OC)cc2)c(=O)c2ccccc21. The zero-order valence-electron chi connectivity index (χ0n) is 27.6. The van der Waals surface area contributed by atoms with Gasteiger partial charge in [0, 0.05) is 17.1 Å². The van der Waals surface area contributed by atoms with E-state index in [-0.39, 0.29) is 5.43 Å². The number of unbranched alkanes of at least 4 members (excludes halogenated alkanes) is 14. The van der Waals surface area contributed by atoms with E-state index >= 15 is 0 Å². The first-order valence-corrected chi connectivity index (χ1v) is 17.4. The summed E-state index contributed by atoms with van der Waals surface area (Å²) in [5.41, 5.74) is 3.50. The molecule has 240 valence electrons. The maximum absolute atomic E-state index is 13.8. The molecule has 1 aromatic heterocycles. The number of fused-ring (bicyclic) bond motifs is 1. The molecule has 4 rings (SSSR count). The third kappa shape index (κ3) is 10.7. The zero-order chi connectivity index (χ0) is 31.5. The van der Waals surface area contributed by atoms with Crippen molar-refractivity contribution in [3.63, 3.8) is 0 Å². The monoisotopic (exact) mass is 607 g/mol. The fraction of sp³-hybridized carbons (Fsp3) is 0.439. The van der Waals surface area contributed by atoms with E-state index in [0.29, 0.717) is 17.7 Å². The number of aromatic nitrogens is 1. The van der Waals surface area contributed by atoms with E-state index in [1.165, 1.54) is 89.9 Å². The summed E-state index contributed by atoms with van der Waals surface area (Å²) in [5, 5.41) is 0.656. The standard InChI is InChI=1S/C41H53NO3/c1-3-4-5-6-7-8-9-10-11-12-13-14-15-16-17-23-32-42-38-27-22-21-26-37(38)40(43)41(39(42)35-24-19-18-20-25-35)45-33-34-28-30-36(44-2)31-29-34/h18-32H,3-17,33H2,1-2H3. The van der Waals surface area contributed by atoms with Gasteiger partial charge in [-0.25, -0.2) is 0 Å². The second-order valence-electron chi connectivity index (χ2n) is 12.2. The van der Waals surface area contributed by atoms with Crippen molar-refractivity contribution in [3.05, 3.63) is 101 Å². The number of hydrogen-bond acceptors (Lipinski definition) is 3. The predicted octanol–water partition coefficient (Wildman–Crippen LogP) is 11.6. The van der Waals surface area contributed by atoms with Crippen molar-refractivity contribution in [2.45, 2.75) is 110 Å². The van der Waals surface area contributed by atoms with Crippen molar-refractivity contribution in [3.8, 4) is 22.8 Å². The second kappa shape index (κ2) is 19.6. The van der Waals surface area contributed by atoms with Gasteiger partial charge >= 0.3 is 0 Å². The van der Waals surface area contributed by atoms with Crippen LogP contribution in [0, 0.1) is 0 Å². The summed E-state index contributed by atoms with van der Waals surface area (Å²) in [6.07, 6.45) is 24.5. The van der Waals surface area contributed by atoms with Gasteiger partial charge < -0.3 is 14.0 Å². The van der Waals surface area contributed by atoms with E-state index in [0.717, 1.165) is 34.5 Å². The van der Waals surface area contributed by atoms with Gasteiger partial charge in [-0.1, -0.05) is 151 Å². The summed E-state index contributed by atoms with van der Waals surface area (Å²) in [6, 6.07) is 25.7. The lowest BCUT2D eigenvalue weighted by atomic mass is 10.0. The molecule has 0 aliphatic heterocycles. The fourth-order valence-electron chi connectivity index (χ4n) is 6.00. The van der Waals surface area contributed by atoms with Gasteiger partial charge in [-0.05, 0) is 42.7 Å². The Bertz CT molecular complexity index is 1490. The lowest BCUT2D eigenvalue weighted by molar-refractivity contribution is 0.303. The van der Waals surface area contributed by atoms with Gasteiger partial charge in [0.2, 0.25) is 5.43 Å². The van der Waals surface area contributed by atoms with Crippen LogP contribution in [0.4, 0.5) is 0 Å². The van der Waals surface area contributed by atoms with Crippen LogP contribution < -0.4 is 14.9 Å². The first kappa shape index (κ1) is 34.1. The highest BCUT2D eigenvalue weighted by Crippen LogP contribution is 2.32. The molecule has 0 N–H and O–H groups in total. The third-order valence-corrected chi connectivity index (χ3v) is 8.64. The van der Waals surface area contributed by atoms with Crippen LogP contribution in [0.1, 0.15) is 109 Å². The summed E-state index contributed by atoms with van der Waals surface area (Å²) < 4.78 is 13.8. The molecular weight excluding hydrogens is 554 g/mol. The van der Waals surface area contributed by atoms with Gasteiger partial charge in [0.25, 0.3) is 0 Å². The summed E-state index contributed by atoms with van der Waals surface area (Å²) >= 11 is 0. The number of pyridine rings is 1. The number of para-hydroxylation sites is 1. The number of hydrogen-bond donors (Lipinski definition) is 0. The van der Waals surface area contributed by atoms with Gasteiger partial charge in [0.1, 0.15) is 12.4 Å². The Morgan fingerprint density at radius 1 is 0.667 bits per heavy atom. The molecule has 3 aromatic carbocycles. The fourth-order valence-corrected chi connectivity index (χ4v) is 6.00. The molecule has 4 nitrogen and oxygen atoms in total. The highest BCUT2D eigenvalue weighted by atomic mass is 16.5. The van der Waals surface area contributed by atoms with Gasteiger partial charge in [-0.15, -0.1) is 0 Å². The minimum Gasteiger partial charge on any atom is -0.497 e. The number of ether oxygens (including phenoxy) is 2. The van der Waals surface area contributed by atoms with E-state index in [4.69, 9.17) is 9.47 Å². The van der Waals surface area contributed by atoms with Crippen LogP contribution >= 0.6 is 0 Å². The van der Waals surface area contributed by atoms with Crippen LogP contribution in [0.2, 0.25) is 0 Å². The molecule has 0 unspecified atom stereocenters. The molecule has 1 heterocycles. The van der Waals surface area contributed by atoms with Crippen LogP contribution in [0.15, 0.2) is 89.7 Å². The van der Waals surface area contributed by atoms with E-state index < -0.39 is 0 Å². The van der Waals surface area contributed by atoms with Crippen molar-refractivity contribution in [1.82, 2.24) is 4.57 Å². The van der Waals surface area contributed by atoms with Crippen LogP contribution in [0.25, 0.3) is 28.4 Å². The molecule has 0 radical (unpaired) electrons. The van der Waals surface area contributed by atoms with Crippen LogP contribution in [-0.2, 0) is 6.61 Å². The Hall–Kier alpha value is -3.79. The summed E-state index contributed by atoms with van der Waals surface area (Å²) in [6.45, 7) is 2.58. The molecular formula is C41H53NO3. The Balaban J connectivity index is 1.37. The number of benzene rings is 3. The zero-order valence-corrected chi connectivity index (χ0v) is 27.6. The smallest absolute Gasteiger partial charge is 0.231 e. The Morgan fingerprint density at radius 3 is 1.87 bits per heavy atom. The first-order valence-electron chi connectivity index (χ1n) is 17.4. The van der Waals surface area contributed by atoms with Crippen LogP contribution in [0.5, 0.6) is 11.5 Å². The van der Waals surface area contributed by atoms with Crippen LogP contribution in [0.3, 0.4) is 0 Å². The lowest BCUT2D eigenvalue weighted by Gasteiger charge is -2.19. The number of methoxy groups -OCH3 is 1. The molecule has 0 aliphatic carbocycles. The first-order chi connectivity index (χ1) is 22.2. The van der Waals surface area contributed by atoms with Crippen molar-refractivity contribution in [2.75, 3.05) is 7.11 Å². The summed E-state index contributed by atoms with van der Waals surface area (Å²) in [4.78, 5) is 13.8. The molecule has 0 saturated heterocycles. The predicted molar refractivity (Wildman–Crippen MR) is 191 cm³/mol. The van der Waals surface area contributed by atoms with Crippen molar-refractivity contribution in [2.24, 2.45) is 0 Å². The molecule has 4 heteroatoms. The van der Waals surface area contributed by atoms with Gasteiger partial charge in [0.15, 0.2) is 5.75 Å². The molecule has 0 atom stereocenters. The normalized spacial score (nSPS) is 11.4. The second-order valence-corrected chi connectivity index (χ2v) is 12.2. The maximum Gasteiger partial charge on any atom is 0.231 e. The van der Waals surface area contributed by atoms with E-state index in [1.54, 1.807) is 7.11 Å². The number of rotatable bonds is 21. The van der Waals surface area contributed by atoms with E-state index in [2.05, 4.69) is 23.8 Å². The summed E-state index contributed by atoms with van der Waals surface area (Å²) in [5.74, 6) is 1.16. The molecule has 0 spiro atoms. The largest absolute Gasteiger partial charge is 0.497 e. The van der Waals surface area contributed by atoms with Gasteiger partial charge in [-0.3, -0.25) is 4.79 Å². The quantitative estimate of drug-likeness (QED) is 0.0885. The van der Waals surface area contributed by atoms with E-state index in [1.807, 2.05) is 78.9 Å². The Kier molecular flexibility index (Phi) is 14.8. The molecule has 0 bridgehead atoms. The van der Waals surface area contributed by atoms with Crippen molar-refractivity contribution in [1.29, 1.82) is 0 Å². The highest BCUT2D eigenvalue weighted by Gasteiger charge is 2.19. The molecule has 45 heavy (non-hydrogen) atoms. The average molecular weight is 608 g/mol. The van der Waals surface area contributed by atoms with E-state index in [9.17, 15) is 4.79 Å². The number of allylic oxidation sites excluding steroid dienone is 1. The highest BCUT2D eigenvalue weighted by molar-refractivity contribution is 5.88. The van der Waals surface area contributed by atoms with Gasteiger partial charge in [0.05, 0.1) is 18.3 Å². The lowest BCUT2D eigenvalue weighted by Crippen LogP contribution is -2.15. The Morgan fingerprint density at radius 2 is 1.24 bits per heavy atom. The van der Waals surface area contributed by atoms with Gasteiger partial charge in [-0.2, -0.15) is 0 Å². The minimum absolute atomic E-state index is 0.0883. The number of nitrogens with zero attached hydrogens (tertiary/aromatic N) is 1. The average Bonchev–Trinajstić information content (AvgIpc) is 3.09. The third-order valence-electron chi connectivity index (χ3n) is 8.64. The molecule has 4 aromatic rings. The van der Waals surface area contributed by atoms with Crippen molar-refractivity contribution < 1.29 is 9.47 Å². The molecule has 0 fully saturated rings. The molecule has 0 amide bonds. The summed E-state index contributed by atoms with van der Waals surface area (Å²) in [7, 11) is 1.65.